The van der Waals surface area contributed by atoms with Crippen LogP contribution < -0.4 is 5.32 Å². The molecule has 0 unspecified atom stereocenters. The number of halogens is 4. The van der Waals surface area contributed by atoms with Crippen molar-refractivity contribution in [2.45, 2.75) is 12.3 Å². The van der Waals surface area contributed by atoms with E-state index in [-0.39, 0.29) is 5.69 Å². The summed E-state index contributed by atoms with van der Waals surface area (Å²) < 4.78 is 36.5. The summed E-state index contributed by atoms with van der Waals surface area (Å²) in [6.07, 6.45) is -7.58. The van der Waals surface area contributed by atoms with Crippen molar-refractivity contribution in [3.8, 4) is 0 Å². The van der Waals surface area contributed by atoms with Crippen LogP contribution in [0, 0.1) is 0 Å². The van der Waals surface area contributed by atoms with E-state index in [1.165, 1.54) is 18.2 Å². The van der Waals surface area contributed by atoms with E-state index in [9.17, 15) is 22.8 Å². The Kier molecular flexibility index (Phi) is 5.56. The van der Waals surface area contributed by atoms with Gasteiger partial charge in [-0.15, -0.1) is 0 Å². The molecule has 0 spiro atoms. The van der Waals surface area contributed by atoms with Crippen LogP contribution in [-0.2, 0) is 9.59 Å². The molecule has 2 amide bonds. The zero-order valence-corrected chi connectivity index (χ0v) is 11.6. The Morgan fingerprint density at radius 1 is 1.43 bits per heavy atom. The molecule has 0 saturated heterocycles. The lowest BCUT2D eigenvalue weighted by molar-refractivity contribution is -0.207. The van der Waals surface area contributed by atoms with Gasteiger partial charge in [-0.3, -0.25) is 9.59 Å². The van der Waals surface area contributed by atoms with Gasteiger partial charge in [0.2, 0.25) is 0 Å². The van der Waals surface area contributed by atoms with E-state index >= 15 is 0 Å². The second kappa shape index (κ2) is 6.77. The van der Waals surface area contributed by atoms with E-state index in [2.05, 4.69) is 5.32 Å². The van der Waals surface area contributed by atoms with Crippen molar-refractivity contribution in [2.75, 3.05) is 18.9 Å². The van der Waals surface area contributed by atoms with E-state index in [1.807, 2.05) is 0 Å². The summed E-state index contributed by atoms with van der Waals surface area (Å²) in [5.41, 5.74) is 0.227. The summed E-state index contributed by atoms with van der Waals surface area (Å²) in [6, 6.07) is 5.91. The molecule has 1 aromatic rings. The van der Waals surface area contributed by atoms with Gasteiger partial charge in [0.15, 0.2) is 6.10 Å². The van der Waals surface area contributed by atoms with Crippen molar-refractivity contribution < 1.29 is 27.9 Å². The van der Waals surface area contributed by atoms with E-state index in [0.29, 0.717) is 9.92 Å². The van der Waals surface area contributed by atoms with Gasteiger partial charge < -0.3 is 15.3 Å². The van der Waals surface area contributed by atoms with Gasteiger partial charge in [0, 0.05) is 17.8 Å². The molecule has 0 radical (unpaired) electrons. The van der Waals surface area contributed by atoms with Crippen molar-refractivity contribution in [3.63, 3.8) is 0 Å². The molecule has 1 rings (SSSR count). The minimum atomic E-state index is -4.86. The van der Waals surface area contributed by atoms with Gasteiger partial charge in [-0.1, -0.05) is 17.7 Å². The van der Waals surface area contributed by atoms with Gasteiger partial charge in [-0.25, -0.2) is 0 Å². The third-order valence-corrected chi connectivity index (χ3v) is 2.68. The molecule has 116 valence electrons. The zero-order chi connectivity index (χ0) is 16.2. The van der Waals surface area contributed by atoms with Crippen LogP contribution in [0.25, 0.3) is 0 Å². The molecule has 0 heterocycles. The molecular formula is C12H12ClF3N2O3. The van der Waals surface area contributed by atoms with Gasteiger partial charge in [0.25, 0.3) is 0 Å². The lowest BCUT2D eigenvalue weighted by Gasteiger charge is -2.21. The molecule has 21 heavy (non-hydrogen) atoms. The van der Waals surface area contributed by atoms with E-state index < -0.39 is 30.6 Å². The molecule has 0 aliphatic rings. The van der Waals surface area contributed by atoms with Crippen LogP contribution >= 0.6 is 11.6 Å². The van der Waals surface area contributed by atoms with Crippen molar-refractivity contribution in [3.05, 3.63) is 29.3 Å². The summed E-state index contributed by atoms with van der Waals surface area (Å²) in [6.45, 7) is -1.04. The number of carbonyl (C=O) groups is 2. The average Bonchev–Trinajstić information content (AvgIpc) is 2.36. The Labute approximate surface area is 123 Å². The maximum atomic E-state index is 12.2. The highest BCUT2D eigenvalue weighted by atomic mass is 35.5. The quantitative estimate of drug-likeness (QED) is 0.831. The number of carbonyl (C=O) groups excluding carboxylic acids is 2. The first-order valence-electron chi connectivity index (χ1n) is 5.68. The van der Waals surface area contributed by atoms with Crippen LogP contribution in [0.15, 0.2) is 24.3 Å². The monoisotopic (exact) mass is 324 g/mol. The van der Waals surface area contributed by atoms with Crippen LogP contribution in [0.1, 0.15) is 0 Å². The summed E-state index contributed by atoms with van der Waals surface area (Å²) in [7, 11) is 0.981. The second-order valence-corrected chi connectivity index (χ2v) is 4.64. The number of nitrogens with one attached hydrogen (secondary N) is 1. The van der Waals surface area contributed by atoms with E-state index in [1.54, 1.807) is 6.07 Å². The molecule has 0 bridgehead atoms. The Balaban J connectivity index is 2.64. The first kappa shape index (κ1) is 17.3. The lowest BCUT2D eigenvalue weighted by Crippen LogP contribution is -2.45. The van der Waals surface area contributed by atoms with Crippen LogP contribution in [0.2, 0.25) is 5.02 Å². The molecule has 1 atom stereocenters. The van der Waals surface area contributed by atoms with Gasteiger partial charge in [0.05, 0.1) is 6.54 Å². The molecule has 0 aliphatic carbocycles. The highest BCUT2D eigenvalue weighted by Crippen LogP contribution is 2.20. The third-order valence-electron chi connectivity index (χ3n) is 2.45. The maximum Gasteiger partial charge on any atom is 0.416 e. The van der Waals surface area contributed by atoms with Crippen LogP contribution in [0.3, 0.4) is 0 Å². The molecule has 5 nitrogen and oxygen atoms in total. The highest BCUT2D eigenvalue weighted by Gasteiger charge is 2.39. The number of likely N-dealkylation sites (N-methyl/N-ethyl adjacent to an activating group) is 1. The normalized spacial score (nSPS) is 12.7. The van der Waals surface area contributed by atoms with Crippen molar-refractivity contribution >= 4 is 29.1 Å². The molecule has 0 aromatic heterocycles. The molecular weight excluding hydrogens is 313 g/mol. The number of anilines is 1. The van der Waals surface area contributed by atoms with Crippen LogP contribution in [0.5, 0.6) is 0 Å². The Bertz CT molecular complexity index is 537. The largest absolute Gasteiger partial charge is 0.416 e. The van der Waals surface area contributed by atoms with Gasteiger partial charge in [-0.2, -0.15) is 13.2 Å². The predicted octanol–water partition coefficient (Wildman–Crippen LogP) is 1.66. The number of aliphatic hydroxyl groups is 1. The molecule has 0 saturated carbocycles. The second-order valence-electron chi connectivity index (χ2n) is 4.21. The summed E-state index contributed by atoms with van der Waals surface area (Å²) in [5.74, 6) is -2.34. The molecule has 2 N–H and O–H groups in total. The number of aliphatic hydroxyl groups excluding tert-OH is 1. The first-order valence-corrected chi connectivity index (χ1v) is 6.06. The van der Waals surface area contributed by atoms with Crippen LogP contribution in [-0.4, -0.2) is 47.7 Å². The first-order chi connectivity index (χ1) is 9.61. The number of nitrogens with zero attached hydrogens (tertiary/aromatic N) is 1. The number of rotatable bonds is 3. The Morgan fingerprint density at radius 2 is 2.05 bits per heavy atom. The fourth-order valence-electron chi connectivity index (χ4n) is 1.37. The zero-order valence-electron chi connectivity index (χ0n) is 10.8. The van der Waals surface area contributed by atoms with Gasteiger partial charge in [-0.05, 0) is 18.2 Å². The SMILES string of the molecule is CN(C[C@H](O)C(F)(F)F)C(=O)C(=O)Nc1cccc(Cl)c1. The number of benzene rings is 1. The Hall–Kier alpha value is -1.80. The fraction of sp³-hybridized carbons (Fsp3) is 0.333. The molecule has 0 fully saturated rings. The van der Waals surface area contributed by atoms with Crippen LogP contribution in [0.4, 0.5) is 18.9 Å². The van der Waals surface area contributed by atoms with Crippen molar-refractivity contribution in [1.82, 2.24) is 4.90 Å². The average molecular weight is 325 g/mol. The Morgan fingerprint density at radius 3 is 2.57 bits per heavy atom. The molecule has 0 aliphatic heterocycles. The van der Waals surface area contributed by atoms with Gasteiger partial charge in [0.1, 0.15) is 0 Å². The summed E-state index contributed by atoms with van der Waals surface area (Å²) in [5, 5.41) is 11.4. The highest BCUT2D eigenvalue weighted by molar-refractivity contribution is 6.39. The minimum absolute atomic E-state index is 0.227. The number of hydrogen-bond acceptors (Lipinski definition) is 3. The number of alkyl halides is 3. The van der Waals surface area contributed by atoms with Crippen molar-refractivity contribution in [2.24, 2.45) is 0 Å². The standard InChI is InChI=1S/C12H12ClF3N2O3/c1-18(6-9(19)12(14,15)16)11(21)10(20)17-8-4-2-3-7(13)5-8/h2-5,9,19H,6H2,1H3,(H,17,20)/t9-/m0/s1. The maximum absolute atomic E-state index is 12.2. The summed E-state index contributed by atoms with van der Waals surface area (Å²) >= 11 is 5.68. The topological polar surface area (TPSA) is 69.6 Å². The van der Waals surface area contributed by atoms with E-state index in [4.69, 9.17) is 16.7 Å². The number of hydrogen-bond donors (Lipinski definition) is 2. The predicted molar refractivity (Wildman–Crippen MR) is 69.8 cm³/mol. The third kappa shape index (κ3) is 5.24. The van der Waals surface area contributed by atoms with E-state index in [0.717, 1.165) is 7.05 Å². The van der Waals surface area contributed by atoms with Gasteiger partial charge >= 0.3 is 18.0 Å². The lowest BCUT2D eigenvalue weighted by atomic mass is 10.3. The number of amides is 2. The fourth-order valence-corrected chi connectivity index (χ4v) is 1.56. The smallest absolute Gasteiger partial charge is 0.382 e. The summed E-state index contributed by atoms with van der Waals surface area (Å²) in [4.78, 5) is 23.7. The van der Waals surface area contributed by atoms with Crippen molar-refractivity contribution in [1.29, 1.82) is 0 Å². The molecule has 1 aromatic carbocycles. The minimum Gasteiger partial charge on any atom is -0.382 e. The molecule has 9 heteroatoms.